The van der Waals surface area contributed by atoms with Gasteiger partial charge in [-0.15, -0.1) is 0 Å². The van der Waals surface area contributed by atoms with Gasteiger partial charge in [0.05, 0.1) is 11.4 Å². The van der Waals surface area contributed by atoms with Crippen LogP contribution in [0.1, 0.15) is 57.4 Å². The molecule has 0 aromatic heterocycles. The first kappa shape index (κ1) is 19.9. The molecule has 140 valence electrons. The van der Waals surface area contributed by atoms with Crippen LogP contribution >= 0.6 is 0 Å². The number of benzene rings is 1. The van der Waals surface area contributed by atoms with Crippen LogP contribution in [-0.2, 0) is 14.8 Å². The third-order valence-corrected chi connectivity index (χ3v) is 6.67. The molecule has 1 amide bonds. The molecule has 0 unspecified atom stereocenters. The van der Waals surface area contributed by atoms with Crippen molar-refractivity contribution in [3.63, 3.8) is 0 Å². The van der Waals surface area contributed by atoms with Crippen LogP contribution in [0.5, 0.6) is 0 Å². The Balaban J connectivity index is 2.20. The van der Waals surface area contributed by atoms with E-state index >= 15 is 0 Å². The van der Waals surface area contributed by atoms with Crippen molar-refractivity contribution in [3.05, 3.63) is 29.8 Å². The van der Waals surface area contributed by atoms with Crippen molar-refractivity contribution in [2.75, 3.05) is 13.1 Å². The van der Waals surface area contributed by atoms with E-state index in [9.17, 15) is 13.2 Å². The molecule has 0 heterocycles. The van der Waals surface area contributed by atoms with Gasteiger partial charge < -0.3 is 5.32 Å². The second-order valence-electron chi connectivity index (χ2n) is 6.86. The van der Waals surface area contributed by atoms with Crippen LogP contribution in [0, 0.1) is 6.92 Å². The van der Waals surface area contributed by atoms with E-state index in [1.54, 1.807) is 24.3 Å². The second kappa shape index (κ2) is 9.34. The van der Waals surface area contributed by atoms with Crippen molar-refractivity contribution < 1.29 is 13.2 Å². The highest BCUT2D eigenvalue weighted by atomic mass is 32.2. The molecule has 1 aliphatic rings. The van der Waals surface area contributed by atoms with E-state index in [4.69, 9.17) is 0 Å². The van der Waals surface area contributed by atoms with Crippen molar-refractivity contribution >= 4 is 15.9 Å². The lowest BCUT2D eigenvalue weighted by molar-refractivity contribution is -0.121. The number of aryl methyl sites for hydroxylation is 1. The van der Waals surface area contributed by atoms with Gasteiger partial charge in [-0.2, -0.15) is 4.31 Å². The van der Waals surface area contributed by atoms with Crippen molar-refractivity contribution in [2.24, 2.45) is 0 Å². The number of rotatable bonds is 8. The fourth-order valence-electron chi connectivity index (χ4n) is 3.23. The minimum Gasteiger partial charge on any atom is -0.355 e. The predicted octanol–water partition coefficient (Wildman–Crippen LogP) is 3.23. The summed E-state index contributed by atoms with van der Waals surface area (Å²) in [5.41, 5.74) is 1.01. The molecule has 1 aromatic carbocycles. The summed E-state index contributed by atoms with van der Waals surface area (Å²) in [7, 11) is -3.67. The highest BCUT2D eigenvalue weighted by Gasteiger charge is 2.33. The lowest BCUT2D eigenvalue weighted by Crippen LogP contribution is -2.47. The van der Waals surface area contributed by atoms with Crippen LogP contribution in [-0.4, -0.2) is 37.8 Å². The Kier molecular flexibility index (Phi) is 7.44. The summed E-state index contributed by atoms with van der Waals surface area (Å²) in [4.78, 5) is 12.6. The first-order valence-electron chi connectivity index (χ1n) is 9.30. The molecule has 0 bridgehead atoms. The Morgan fingerprint density at radius 2 is 1.80 bits per heavy atom. The minimum absolute atomic E-state index is 0.0861. The van der Waals surface area contributed by atoms with Crippen LogP contribution in [0.15, 0.2) is 29.2 Å². The third-order valence-electron chi connectivity index (χ3n) is 4.76. The van der Waals surface area contributed by atoms with Gasteiger partial charge in [-0.05, 0) is 38.3 Å². The zero-order valence-electron chi connectivity index (χ0n) is 15.3. The number of carbonyl (C=O) groups excluding carboxylic acids is 1. The molecule has 1 aliphatic carbocycles. The average molecular weight is 367 g/mol. The van der Waals surface area contributed by atoms with E-state index in [0.29, 0.717) is 6.54 Å². The fraction of sp³-hybridized carbons (Fsp3) is 0.632. The number of hydrogen-bond acceptors (Lipinski definition) is 3. The topological polar surface area (TPSA) is 66.5 Å². The van der Waals surface area contributed by atoms with Gasteiger partial charge in [0.25, 0.3) is 0 Å². The Bertz CT molecular complexity index is 650. The van der Waals surface area contributed by atoms with Gasteiger partial charge in [-0.25, -0.2) is 8.42 Å². The molecule has 0 aliphatic heterocycles. The molecular weight excluding hydrogens is 336 g/mol. The summed E-state index contributed by atoms with van der Waals surface area (Å²) in [6.07, 6.45) is 6.72. The standard InChI is InChI=1S/C19H30N2O3S/c1-3-4-14-20-19(22)15-21(17-8-6-5-7-9-17)25(23,24)18-12-10-16(2)11-13-18/h10-13,17H,3-9,14-15H2,1-2H3,(H,20,22). The SMILES string of the molecule is CCCCNC(=O)CN(C1CCCCC1)S(=O)(=O)c1ccc(C)cc1. The van der Waals surface area contributed by atoms with Crippen LogP contribution in [0.3, 0.4) is 0 Å². The van der Waals surface area contributed by atoms with E-state index < -0.39 is 10.0 Å². The molecule has 0 spiro atoms. The predicted molar refractivity (Wildman–Crippen MR) is 99.9 cm³/mol. The van der Waals surface area contributed by atoms with Gasteiger partial charge in [0.15, 0.2) is 0 Å². The molecule has 0 radical (unpaired) electrons. The van der Waals surface area contributed by atoms with Gasteiger partial charge >= 0.3 is 0 Å². The van der Waals surface area contributed by atoms with Gasteiger partial charge in [-0.3, -0.25) is 4.79 Å². The van der Waals surface area contributed by atoms with Crippen molar-refractivity contribution in [2.45, 2.75) is 69.7 Å². The first-order valence-corrected chi connectivity index (χ1v) is 10.7. The van der Waals surface area contributed by atoms with Gasteiger partial charge in [0.2, 0.25) is 15.9 Å². The van der Waals surface area contributed by atoms with E-state index in [0.717, 1.165) is 50.5 Å². The average Bonchev–Trinajstić information content (AvgIpc) is 2.61. The molecule has 5 nitrogen and oxygen atoms in total. The van der Waals surface area contributed by atoms with Crippen LogP contribution < -0.4 is 5.32 Å². The van der Waals surface area contributed by atoms with Gasteiger partial charge in [0, 0.05) is 12.6 Å². The minimum atomic E-state index is -3.67. The largest absolute Gasteiger partial charge is 0.355 e. The zero-order valence-corrected chi connectivity index (χ0v) is 16.1. The highest BCUT2D eigenvalue weighted by Crippen LogP contribution is 2.27. The Morgan fingerprint density at radius 3 is 2.40 bits per heavy atom. The molecule has 6 heteroatoms. The zero-order chi connectivity index (χ0) is 18.3. The van der Waals surface area contributed by atoms with Crippen molar-refractivity contribution in [1.82, 2.24) is 9.62 Å². The number of nitrogens with one attached hydrogen (secondary N) is 1. The van der Waals surface area contributed by atoms with Crippen LogP contribution in [0.2, 0.25) is 0 Å². The number of hydrogen-bond donors (Lipinski definition) is 1. The van der Waals surface area contributed by atoms with E-state index in [-0.39, 0.29) is 23.4 Å². The second-order valence-corrected chi connectivity index (χ2v) is 8.75. The number of unbranched alkanes of at least 4 members (excludes halogenated alkanes) is 1. The maximum Gasteiger partial charge on any atom is 0.243 e. The Labute approximate surface area is 151 Å². The summed E-state index contributed by atoms with van der Waals surface area (Å²) in [5.74, 6) is -0.213. The molecule has 1 N–H and O–H groups in total. The summed E-state index contributed by atoms with van der Waals surface area (Å²) < 4.78 is 27.7. The summed E-state index contributed by atoms with van der Waals surface area (Å²) in [6.45, 7) is 4.49. The monoisotopic (exact) mass is 366 g/mol. The quantitative estimate of drug-likeness (QED) is 0.718. The van der Waals surface area contributed by atoms with Gasteiger partial charge in [-0.1, -0.05) is 50.3 Å². The molecule has 1 saturated carbocycles. The molecule has 1 fully saturated rings. The summed E-state index contributed by atoms with van der Waals surface area (Å²) >= 11 is 0. The molecule has 0 saturated heterocycles. The van der Waals surface area contributed by atoms with Gasteiger partial charge in [0.1, 0.15) is 0 Å². The van der Waals surface area contributed by atoms with E-state index in [1.807, 2.05) is 6.92 Å². The lowest BCUT2D eigenvalue weighted by atomic mass is 9.95. The summed E-state index contributed by atoms with van der Waals surface area (Å²) in [6, 6.07) is 6.78. The summed E-state index contributed by atoms with van der Waals surface area (Å²) in [5, 5.41) is 2.84. The van der Waals surface area contributed by atoms with Crippen LogP contribution in [0.4, 0.5) is 0 Å². The third kappa shape index (κ3) is 5.54. The maximum absolute atomic E-state index is 13.2. The fourth-order valence-corrected chi connectivity index (χ4v) is 4.87. The number of nitrogens with zero attached hydrogens (tertiary/aromatic N) is 1. The van der Waals surface area contributed by atoms with E-state index in [1.165, 1.54) is 4.31 Å². The maximum atomic E-state index is 13.2. The number of amides is 1. The van der Waals surface area contributed by atoms with Crippen LogP contribution in [0.25, 0.3) is 0 Å². The first-order chi connectivity index (χ1) is 11.9. The van der Waals surface area contributed by atoms with E-state index in [2.05, 4.69) is 12.2 Å². The molecule has 2 rings (SSSR count). The number of sulfonamides is 1. The normalized spacial score (nSPS) is 16.1. The van der Waals surface area contributed by atoms with Crippen molar-refractivity contribution in [1.29, 1.82) is 0 Å². The Morgan fingerprint density at radius 1 is 1.16 bits per heavy atom. The molecule has 25 heavy (non-hydrogen) atoms. The number of carbonyl (C=O) groups is 1. The van der Waals surface area contributed by atoms with Crippen molar-refractivity contribution in [3.8, 4) is 0 Å². The molecular formula is C19H30N2O3S. The highest BCUT2D eigenvalue weighted by molar-refractivity contribution is 7.89. The smallest absolute Gasteiger partial charge is 0.243 e. The lowest BCUT2D eigenvalue weighted by Gasteiger charge is -2.33. The molecule has 0 atom stereocenters. The molecule has 1 aromatic rings. The Hall–Kier alpha value is -1.40.